The number of ketones is 1. The second-order valence-corrected chi connectivity index (χ2v) is 7.94. The number of Topliss-reactive ketones (excluding diaryl/α,β-unsaturated/α-hetero) is 1. The lowest BCUT2D eigenvalue weighted by atomic mass is 10.1. The minimum Gasteiger partial charge on any atom is -0.481 e. The van der Waals surface area contributed by atoms with Crippen LogP contribution in [0.4, 0.5) is 5.69 Å². The van der Waals surface area contributed by atoms with Crippen molar-refractivity contribution in [3.8, 4) is 5.88 Å². The first-order valence-electron chi connectivity index (χ1n) is 9.37. The molecule has 8 nitrogen and oxygen atoms in total. The second kappa shape index (κ2) is 10.6. The van der Waals surface area contributed by atoms with Crippen molar-refractivity contribution >= 4 is 58.1 Å². The number of carbonyl (C=O) groups excluding carboxylic acids is 2. The zero-order chi connectivity index (χ0) is 24.1. The molecule has 1 amide bonds. The molecule has 33 heavy (non-hydrogen) atoms. The van der Waals surface area contributed by atoms with E-state index in [0.29, 0.717) is 21.3 Å². The molecule has 0 saturated heterocycles. The van der Waals surface area contributed by atoms with Gasteiger partial charge in [-0.1, -0.05) is 40.9 Å². The molecule has 11 heteroatoms. The standard InChI is InChI=1S/C22H16Cl3N3O5/c1-33-19-6-7-26-21(27-19)18(29)10-20(30)28(11-12-2-5-15(23)17(25)8-12)13-3-4-14(22(31)32)16(24)9-13/h2-9H,10-11H2,1H3,(H,31,32). The third kappa shape index (κ3) is 5.98. The summed E-state index contributed by atoms with van der Waals surface area (Å²) in [5, 5.41) is 9.80. The molecule has 0 atom stereocenters. The molecule has 1 heterocycles. The number of carbonyl (C=O) groups is 3. The van der Waals surface area contributed by atoms with Gasteiger partial charge in [0.05, 0.1) is 40.7 Å². The summed E-state index contributed by atoms with van der Waals surface area (Å²) < 4.78 is 4.99. The van der Waals surface area contributed by atoms with E-state index in [-0.39, 0.29) is 28.8 Å². The fourth-order valence-electron chi connectivity index (χ4n) is 2.89. The zero-order valence-electron chi connectivity index (χ0n) is 17.1. The predicted octanol–water partition coefficient (Wildman–Crippen LogP) is 4.95. The van der Waals surface area contributed by atoms with E-state index in [1.165, 1.54) is 42.5 Å². The van der Waals surface area contributed by atoms with Gasteiger partial charge in [-0.15, -0.1) is 0 Å². The molecule has 0 aliphatic heterocycles. The van der Waals surface area contributed by atoms with Crippen molar-refractivity contribution in [1.29, 1.82) is 0 Å². The predicted molar refractivity (Wildman–Crippen MR) is 124 cm³/mol. The van der Waals surface area contributed by atoms with Crippen LogP contribution in [0.15, 0.2) is 48.7 Å². The van der Waals surface area contributed by atoms with E-state index in [1.54, 1.807) is 18.2 Å². The number of hydrogen-bond acceptors (Lipinski definition) is 6. The molecule has 0 fully saturated rings. The number of hydrogen-bond donors (Lipinski definition) is 1. The van der Waals surface area contributed by atoms with Gasteiger partial charge in [-0.3, -0.25) is 9.59 Å². The van der Waals surface area contributed by atoms with Crippen molar-refractivity contribution in [2.24, 2.45) is 0 Å². The number of anilines is 1. The van der Waals surface area contributed by atoms with Gasteiger partial charge in [-0.2, -0.15) is 4.98 Å². The number of amides is 1. The van der Waals surface area contributed by atoms with Gasteiger partial charge in [0.25, 0.3) is 0 Å². The Bertz CT molecular complexity index is 1240. The summed E-state index contributed by atoms with van der Waals surface area (Å²) in [5.74, 6) is -2.40. The lowest BCUT2D eigenvalue weighted by Crippen LogP contribution is -2.32. The van der Waals surface area contributed by atoms with Crippen LogP contribution in [-0.4, -0.2) is 39.8 Å². The number of aromatic carboxylic acids is 1. The maximum Gasteiger partial charge on any atom is 0.337 e. The normalized spacial score (nSPS) is 10.5. The number of ether oxygens (including phenoxy) is 1. The van der Waals surface area contributed by atoms with Crippen LogP contribution in [0.2, 0.25) is 15.1 Å². The lowest BCUT2D eigenvalue weighted by Gasteiger charge is -2.23. The van der Waals surface area contributed by atoms with E-state index in [2.05, 4.69) is 9.97 Å². The highest BCUT2D eigenvalue weighted by molar-refractivity contribution is 6.42. The maximum absolute atomic E-state index is 13.2. The van der Waals surface area contributed by atoms with Gasteiger partial charge in [0.1, 0.15) is 0 Å². The molecular formula is C22H16Cl3N3O5. The highest BCUT2D eigenvalue weighted by Crippen LogP contribution is 2.28. The van der Waals surface area contributed by atoms with Crippen molar-refractivity contribution in [3.05, 3.63) is 80.7 Å². The van der Waals surface area contributed by atoms with Gasteiger partial charge in [-0.25, -0.2) is 9.78 Å². The summed E-state index contributed by atoms with van der Waals surface area (Å²) in [7, 11) is 1.39. The minimum absolute atomic E-state index is 0.0186. The van der Waals surface area contributed by atoms with E-state index < -0.39 is 24.1 Å². The SMILES string of the molecule is COc1ccnc(C(=O)CC(=O)N(Cc2ccc(Cl)c(Cl)c2)c2ccc(C(=O)O)c(Cl)c2)n1. The summed E-state index contributed by atoms with van der Waals surface area (Å²) >= 11 is 18.2. The number of benzene rings is 2. The molecule has 0 spiro atoms. The van der Waals surface area contributed by atoms with Gasteiger partial charge in [-0.05, 0) is 35.9 Å². The quantitative estimate of drug-likeness (QED) is 0.339. The van der Waals surface area contributed by atoms with Crippen molar-refractivity contribution in [1.82, 2.24) is 9.97 Å². The number of carboxylic acids is 1. The summed E-state index contributed by atoms with van der Waals surface area (Å²) in [5.41, 5.74) is 0.796. The Morgan fingerprint density at radius 2 is 1.76 bits per heavy atom. The number of halogens is 3. The largest absolute Gasteiger partial charge is 0.481 e. The molecule has 3 rings (SSSR count). The Labute approximate surface area is 203 Å². The number of aromatic nitrogens is 2. The van der Waals surface area contributed by atoms with Crippen LogP contribution >= 0.6 is 34.8 Å². The van der Waals surface area contributed by atoms with Crippen LogP contribution in [0.25, 0.3) is 0 Å². The zero-order valence-corrected chi connectivity index (χ0v) is 19.4. The topological polar surface area (TPSA) is 110 Å². The van der Waals surface area contributed by atoms with Crippen LogP contribution in [0.3, 0.4) is 0 Å². The average molecular weight is 509 g/mol. The molecule has 0 bridgehead atoms. The molecule has 0 aliphatic rings. The molecule has 1 N–H and O–H groups in total. The van der Waals surface area contributed by atoms with Crippen molar-refractivity contribution in [3.63, 3.8) is 0 Å². The van der Waals surface area contributed by atoms with Crippen LogP contribution in [0, 0.1) is 0 Å². The van der Waals surface area contributed by atoms with Crippen molar-refractivity contribution in [2.75, 3.05) is 12.0 Å². The summed E-state index contributed by atoms with van der Waals surface area (Å²) in [6.07, 6.45) is 0.800. The molecule has 0 saturated carbocycles. The van der Waals surface area contributed by atoms with Crippen molar-refractivity contribution in [2.45, 2.75) is 13.0 Å². The fraction of sp³-hybridized carbons (Fsp3) is 0.136. The van der Waals surface area contributed by atoms with E-state index in [9.17, 15) is 19.5 Å². The van der Waals surface area contributed by atoms with E-state index in [1.807, 2.05) is 0 Å². The third-order valence-electron chi connectivity index (χ3n) is 4.52. The van der Waals surface area contributed by atoms with Gasteiger partial charge in [0.15, 0.2) is 5.82 Å². The molecule has 2 aromatic carbocycles. The molecule has 0 radical (unpaired) electrons. The number of carboxylic acid groups (broad SMARTS) is 1. The molecule has 3 aromatic rings. The van der Waals surface area contributed by atoms with Crippen molar-refractivity contribution < 1.29 is 24.2 Å². The monoisotopic (exact) mass is 507 g/mol. The lowest BCUT2D eigenvalue weighted by molar-refractivity contribution is -0.117. The van der Waals surface area contributed by atoms with E-state index in [4.69, 9.17) is 39.5 Å². The summed E-state index contributed by atoms with van der Waals surface area (Å²) in [6, 6.07) is 10.4. The first-order valence-corrected chi connectivity index (χ1v) is 10.5. The van der Waals surface area contributed by atoms with Gasteiger partial charge in [0.2, 0.25) is 17.6 Å². The number of methoxy groups -OCH3 is 1. The Morgan fingerprint density at radius 3 is 2.39 bits per heavy atom. The smallest absolute Gasteiger partial charge is 0.337 e. The molecule has 0 aliphatic carbocycles. The average Bonchev–Trinajstić information content (AvgIpc) is 2.79. The van der Waals surface area contributed by atoms with Crippen LogP contribution < -0.4 is 9.64 Å². The summed E-state index contributed by atoms with van der Waals surface area (Å²) in [6.45, 7) is 0.0186. The van der Waals surface area contributed by atoms with Crippen LogP contribution in [-0.2, 0) is 11.3 Å². The number of nitrogens with zero attached hydrogens (tertiary/aromatic N) is 3. The molecule has 1 aromatic heterocycles. The Morgan fingerprint density at radius 1 is 1.00 bits per heavy atom. The molecular weight excluding hydrogens is 493 g/mol. The minimum atomic E-state index is -1.21. The molecule has 0 unspecified atom stereocenters. The highest BCUT2D eigenvalue weighted by atomic mass is 35.5. The fourth-order valence-corrected chi connectivity index (χ4v) is 3.47. The van der Waals surface area contributed by atoms with Gasteiger partial charge < -0.3 is 14.7 Å². The maximum atomic E-state index is 13.2. The number of rotatable bonds is 8. The van der Waals surface area contributed by atoms with Gasteiger partial charge >= 0.3 is 5.97 Å². The Kier molecular flexibility index (Phi) is 7.86. The third-order valence-corrected chi connectivity index (χ3v) is 5.57. The first-order chi connectivity index (χ1) is 15.7. The van der Waals surface area contributed by atoms with Crippen LogP contribution in [0.1, 0.15) is 33.0 Å². The Balaban J connectivity index is 1.93. The van der Waals surface area contributed by atoms with E-state index >= 15 is 0 Å². The summed E-state index contributed by atoms with van der Waals surface area (Å²) in [4.78, 5) is 46.2. The van der Waals surface area contributed by atoms with E-state index in [0.717, 1.165) is 0 Å². The molecule has 170 valence electrons. The first kappa shape index (κ1) is 24.4. The van der Waals surface area contributed by atoms with Gasteiger partial charge in [0, 0.05) is 18.0 Å². The highest BCUT2D eigenvalue weighted by Gasteiger charge is 2.23. The van der Waals surface area contributed by atoms with Crippen LogP contribution in [0.5, 0.6) is 5.88 Å². The Hall–Kier alpha value is -3.20. The second-order valence-electron chi connectivity index (χ2n) is 6.72.